The number of ether oxygens (including phenoxy) is 1. The number of carbonyl (C=O) groups excluding carboxylic acids is 2. The molecule has 2 saturated heterocycles. The number of amides is 3. The molecule has 1 aromatic carbocycles. The fraction of sp³-hybridized carbons (Fsp3) is 0.522. The van der Waals surface area contributed by atoms with Crippen molar-refractivity contribution in [1.82, 2.24) is 24.5 Å². The van der Waals surface area contributed by atoms with Gasteiger partial charge in [0.15, 0.2) is 0 Å². The SMILES string of the molecule is CCN1C(=O)N(Cc2cccc(OC)c2)C(=O)C12CCN(Cc1c(C)nn(C)c1Cl)CC2. The highest BCUT2D eigenvalue weighted by Gasteiger charge is 2.57. The van der Waals surface area contributed by atoms with Crippen molar-refractivity contribution in [2.75, 3.05) is 26.7 Å². The van der Waals surface area contributed by atoms with E-state index in [1.807, 2.05) is 45.2 Å². The van der Waals surface area contributed by atoms with Crippen LogP contribution in [0.2, 0.25) is 5.15 Å². The third kappa shape index (κ3) is 3.75. The molecule has 0 N–H and O–H groups in total. The molecule has 0 atom stereocenters. The highest BCUT2D eigenvalue weighted by atomic mass is 35.5. The molecule has 4 rings (SSSR count). The number of likely N-dealkylation sites (tertiary alicyclic amines) is 1. The van der Waals surface area contributed by atoms with Gasteiger partial charge in [-0.25, -0.2) is 4.79 Å². The number of aromatic nitrogens is 2. The summed E-state index contributed by atoms with van der Waals surface area (Å²) in [7, 11) is 3.44. The van der Waals surface area contributed by atoms with Crippen molar-refractivity contribution in [2.24, 2.45) is 7.05 Å². The first-order valence-electron chi connectivity index (χ1n) is 11.0. The molecule has 2 aliphatic heterocycles. The standard InChI is InChI=1S/C23H30ClN5O3/c1-5-29-22(31)28(14-17-7-6-8-18(13-17)32-4)21(30)23(29)9-11-27(12-10-23)15-19-16(2)25-26(3)20(19)24/h6-8,13H,5,9-12,14-15H2,1-4H3. The van der Waals surface area contributed by atoms with Crippen molar-refractivity contribution in [1.29, 1.82) is 0 Å². The largest absolute Gasteiger partial charge is 0.497 e. The third-order valence-corrected chi connectivity index (χ3v) is 7.22. The second-order valence-electron chi connectivity index (χ2n) is 8.56. The van der Waals surface area contributed by atoms with Gasteiger partial charge in [-0.15, -0.1) is 0 Å². The number of aryl methyl sites for hydroxylation is 2. The molecule has 172 valence electrons. The van der Waals surface area contributed by atoms with Gasteiger partial charge in [0.25, 0.3) is 5.91 Å². The summed E-state index contributed by atoms with van der Waals surface area (Å²) in [5.74, 6) is 0.615. The van der Waals surface area contributed by atoms with Crippen LogP contribution in [-0.4, -0.2) is 68.7 Å². The fourth-order valence-corrected chi connectivity index (χ4v) is 5.19. The molecule has 0 bridgehead atoms. The first-order chi connectivity index (χ1) is 15.3. The van der Waals surface area contributed by atoms with Gasteiger partial charge >= 0.3 is 6.03 Å². The van der Waals surface area contributed by atoms with E-state index in [0.717, 1.165) is 16.8 Å². The number of urea groups is 1. The van der Waals surface area contributed by atoms with E-state index in [9.17, 15) is 9.59 Å². The van der Waals surface area contributed by atoms with Gasteiger partial charge < -0.3 is 9.64 Å². The smallest absolute Gasteiger partial charge is 0.327 e. The van der Waals surface area contributed by atoms with Crippen LogP contribution in [0.5, 0.6) is 5.75 Å². The summed E-state index contributed by atoms with van der Waals surface area (Å²) >= 11 is 6.41. The van der Waals surface area contributed by atoms with E-state index in [1.165, 1.54) is 4.90 Å². The minimum Gasteiger partial charge on any atom is -0.497 e. The van der Waals surface area contributed by atoms with Crippen LogP contribution in [0.1, 0.15) is 36.6 Å². The van der Waals surface area contributed by atoms with Gasteiger partial charge in [0, 0.05) is 38.8 Å². The van der Waals surface area contributed by atoms with E-state index in [4.69, 9.17) is 16.3 Å². The molecule has 2 aromatic rings. The Kier molecular flexibility index (Phi) is 6.18. The van der Waals surface area contributed by atoms with Crippen molar-refractivity contribution < 1.29 is 14.3 Å². The van der Waals surface area contributed by atoms with E-state index >= 15 is 0 Å². The maximum Gasteiger partial charge on any atom is 0.327 e. The molecule has 3 amide bonds. The quantitative estimate of drug-likeness (QED) is 0.620. The lowest BCUT2D eigenvalue weighted by Gasteiger charge is -2.41. The van der Waals surface area contributed by atoms with Gasteiger partial charge in [-0.1, -0.05) is 23.7 Å². The Bertz CT molecular complexity index is 1030. The molecule has 0 unspecified atom stereocenters. The van der Waals surface area contributed by atoms with Gasteiger partial charge in [0.1, 0.15) is 16.4 Å². The van der Waals surface area contributed by atoms with E-state index < -0.39 is 5.54 Å². The molecule has 1 spiro atoms. The lowest BCUT2D eigenvalue weighted by atomic mass is 9.85. The third-order valence-electron chi connectivity index (χ3n) is 6.75. The van der Waals surface area contributed by atoms with Crippen LogP contribution in [0.3, 0.4) is 0 Å². The summed E-state index contributed by atoms with van der Waals surface area (Å²) in [6.07, 6.45) is 1.22. The molecule has 9 heteroatoms. The maximum atomic E-state index is 13.6. The molecule has 2 fully saturated rings. The molecule has 1 aromatic heterocycles. The predicted molar refractivity (Wildman–Crippen MR) is 122 cm³/mol. The van der Waals surface area contributed by atoms with Crippen molar-refractivity contribution in [3.63, 3.8) is 0 Å². The molecule has 0 aliphatic carbocycles. The number of methoxy groups -OCH3 is 1. The van der Waals surface area contributed by atoms with Gasteiger partial charge in [-0.05, 0) is 44.4 Å². The normalized spacial score (nSPS) is 18.8. The molecule has 32 heavy (non-hydrogen) atoms. The monoisotopic (exact) mass is 459 g/mol. The van der Waals surface area contributed by atoms with Crippen LogP contribution in [0.25, 0.3) is 0 Å². The average molecular weight is 460 g/mol. The number of halogens is 1. The number of hydrogen-bond acceptors (Lipinski definition) is 5. The highest BCUT2D eigenvalue weighted by molar-refractivity contribution is 6.30. The second-order valence-corrected chi connectivity index (χ2v) is 8.91. The molecular formula is C23H30ClN5O3. The zero-order valence-corrected chi connectivity index (χ0v) is 19.9. The van der Waals surface area contributed by atoms with Crippen molar-refractivity contribution >= 4 is 23.5 Å². The first kappa shape index (κ1) is 22.6. The number of piperidine rings is 1. The Morgan fingerprint density at radius 2 is 1.91 bits per heavy atom. The topological polar surface area (TPSA) is 70.9 Å². The number of carbonyl (C=O) groups is 2. The second kappa shape index (κ2) is 8.75. The number of likely N-dealkylation sites (N-methyl/N-ethyl adjacent to an activating group) is 1. The molecule has 0 saturated carbocycles. The Balaban J connectivity index is 1.50. The Labute approximate surface area is 193 Å². The van der Waals surface area contributed by atoms with E-state index in [0.29, 0.717) is 49.9 Å². The lowest BCUT2D eigenvalue weighted by Crippen LogP contribution is -2.56. The molecule has 0 radical (unpaired) electrons. The molecular weight excluding hydrogens is 430 g/mol. The van der Waals surface area contributed by atoms with E-state index in [2.05, 4.69) is 10.00 Å². The van der Waals surface area contributed by atoms with Crippen LogP contribution in [0.15, 0.2) is 24.3 Å². The van der Waals surface area contributed by atoms with E-state index in [-0.39, 0.29) is 18.5 Å². The summed E-state index contributed by atoms with van der Waals surface area (Å²) in [5, 5.41) is 5.04. The molecule has 2 aliphatic rings. The Morgan fingerprint density at radius 3 is 2.50 bits per heavy atom. The van der Waals surface area contributed by atoms with Crippen LogP contribution < -0.4 is 4.74 Å². The molecule has 8 nitrogen and oxygen atoms in total. The Hall–Kier alpha value is -2.58. The zero-order valence-electron chi connectivity index (χ0n) is 19.1. The number of hydrogen-bond donors (Lipinski definition) is 0. The van der Waals surface area contributed by atoms with Crippen molar-refractivity contribution in [3.8, 4) is 5.75 Å². The molecule has 3 heterocycles. The maximum absolute atomic E-state index is 13.6. The van der Waals surface area contributed by atoms with Crippen LogP contribution >= 0.6 is 11.6 Å². The van der Waals surface area contributed by atoms with Crippen LogP contribution in [-0.2, 0) is 24.9 Å². The zero-order chi connectivity index (χ0) is 23.0. The predicted octanol–water partition coefficient (Wildman–Crippen LogP) is 3.21. The summed E-state index contributed by atoms with van der Waals surface area (Å²) in [6, 6.07) is 7.29. The fourth-order valence-electron chi connectivity index (χ4n) is 4.96. The average Bonchev–Trinajstić information content (AvgIpc) is 3.14. The number of nitrogens with zero attached hydrogens (tertiary/aromatic N) is 5. The summed E-state index contributed by atoms with van der Waals surface area (Å²) in [5.41, 5.74) is 2.04. The lowest BCUT2D eigenvalue weighted by molar-refractivity contribution is -0.136. The number of rotatable bonds is 6. The van der Waals surface area contributed by atoms with Crippen molar-refractivity contribution in [2.45, 2.75) is 45.3 Å². The number of imide groups is 1. The van der Waals surface area contributed by atoms with Crippen LogP contribution in [0, 0.1) is 6.92 Å². The van der Waals surface area contributed by atoms with Gasteiger partial charge in [-0.3, -0.25) is 19.3 Å². The van der Waals surface area contributed by atoms with Gasteiger partial charge in [0.2, 0.25) is 0 Å². The van der Waals surface area contributed by atoms with Crippen molar-refractivity contribution in [3.05, 3.63) is 46.2 Å². The van der Waals surface area contributed by atoms with Gasteiger partial charge in [-0.2, -0.15) is 5.10 Å². The van der Waals surface area contributed by atoms with E-state index in [1.54, 1.807) is 16.7 Å². The van der Waals surface area contributed by atoms with Crippen LogP contribution in [0.4, 0.5) is 4.79 Å². The van der Waals surface area contributed by atoms with Gasteiger partial charge in [0.05, 0.1) is 19.3 Å². The number of benzene rings is 1. The summed E-state index contributed by atoms with van der Waals surface area (Å²) in [6.45, 7) is 6.78. The Morgan fingerprint density at radius 1 is 1.19 bits per heavy atom. The minimum atomic E-state index is -0.769. The summed E-state index contributed by atoms with van der Waals surface area (Å²) < 4.78 is 6.97. The summed E-state index contributed by atoms with van der Waals surface area (Å²) in [4.78, 5) is 32.2. The highest BCUT2D eigenvalue weighted by Crippen LogP contribution is 2.38. The first-order valence-corrected chi connectivity index (χ1v) is 11.4. The minimum absolute atomic E-state index is 0.0950.